The van der Waals surface area contributed by atoms with Crippen molar-refractivity contribution in [2.24, 2.45) is 0 Å². The smallest absolute Gasteiger partial charge is 0.347 e. The third-order valence-electron chi connectivity index (χ3n) is 3.89. The molecule has 4 rings (SSSR count). The van der Waals surface area contributed by atoms with Crippen LogP contribution in [0.1, 0.15) is 11.3 Å². The van der Waals surface area contributed by atoms with Crippen molar-refractivity contribution in [3.63, 3.8) is 0 Å². The first-order valence-electron chi connectivity index (χ1n) is 7.74. The minimum atomic E-state index is -0.513. The summed E-state index contributed by atoms with van der Waals surface area (Å²) in [6.45, 7) is 3.67. The number of fused-ring (bicyclic) bond motifs is 1. The molecule has 0 saturated carbocycles. The van der Waals surface area contributed by atoms with Crippen molar-refractivity contribution in [3.8, 4) is 17.4 Å². The van der Waals surface area contributed by atoms with E-state index in [9.17, 15) is 4.79 Å². The normalized spacial score (nSPS) is 11.2. The van der Waals surface area contributed by atoms with Crippen LogP contribution in [-0.2, 0) is 0 Å². The van der Waals surface area contributed by atoms with E-state index in [1.54, 1.807) is 41.2 Å². The maximum absolute atomic E-state index is 12.5. The molecule has 1 aromatic carbocycles. The van der Waals surface area contributed by atoms with E-state index in [0.717, 1.165) is 11.3 Å². The summed E-state index contributed by atoms with van der Waals surface area (Å²) in [4.78, 5) is 21.3. The van der Waals surface area contributed by atoms with Crippen molar-refractivity contribution >= 4 is 22.5 Å². The molecule has 26 heavy (non-hydrogen) atoms. The van der Waals surface area contributed by atoms with Crippen LogP contribution >= 0.6 is 11.6 Å². The van der Waals surface area contributed by atoms with Gasteiger partial charge in [0.15, 0.2) is 11.6 Å². The summed E-state index contributed by atoms with van der Waals surface area (Å²) in [7, 11) is 0. The van der Waals surface area contributed by atoms with E-state index in [-0.39, 0.29) is 5.89 Å². The van der Waals surface area contributed by atoms with Gasteiger partial charge < -0.3 is 4.42 Å². The van der Waals surface area contributed by atoms with Crippen LogP contribution in [0, 0.1) is 25.4 Å². The van der Waals surface area contributed by atoms with Gasteiger partial charge in [-0.3, -0.25) is 0 Å². The van der Waals surface area contributed by atoms with Crippen LogP contribution in [0.5, 0.6) is 0 Å². The summed E-state index contributed by atoms with van der Waals surface area (Å²) in [5.41, 5.74) is 2.02. The van der Waals surface area contributed by atoms with Gasteiger partial charge in [-0.2, -0.15) is 5.10 Å². The van der Waals surface area contributed by atoms with Crippen molar-refractivity contribution in [2.75, 3.05) is 0 Å². The zero-order valence-electron chi connectivity index (χ0n) is 13.9. The maximum Gasteiger partial charge on any atom is 0.347 e. The Morgan fingerprint density at radius 3 is 2.81 bits per heavy atom. The highest BCUT2D eigenvalue weighted by atomic mass is 35.5. The molecule has 0 saturated heterocycles. The monoisotopic (exact) mass is 387 g/mol. The minimum absolute atomic E-state index is 0.147. The molecular formula is C18H13Cl2N4O2+. The number of halogens is 2. The SMILES string of the molecule is Cc1cc(-c2nc3c(C)cc(Cl)cc3c(=O)o2)n(-c2ncccc2[ClH+])n1. The van der Waals surface area contributed by atoms with Crippen molar-refractivity contribution in [1.29, 1.82) is 0 Å². The molecule has 0 atom stereocenters. The lowest BCUT2D eigenvalue weighted by Gasteiger charge is -2.06. The van der Waals surface area contributed by atoms with Crippen molar-refractivity contribution in [1.82, 2.24) is 19.7 Å². The minimum Gasteiger partial charge on any atom is -0.401 e. The number of hydrogen-bond donors (Lipinski definition) is 0. The average molecular weight is 388 g/mol. The molecule has 0 N–H and O–H groups in total. The van der Waals surface area contributed by atoms with E-state index < -0.39 is 5.63 Å². The van der Waals surface area contributed by atoms with E-state index in [1.165, 1.54) is 0 Å². The van der Waals surface area contributed by atoms with Crippen LogP contribution in [0.15, 0.2) is 45.7 Å². The molecule has 0 aliphatic carbocycles. The van der Waals surface area contributed by atoms with Gasteiger partial charge in [-0.05, 0) is 43.7 Å². The molecule has 0 unspecified atom stereocenters. The van der Waals surface area contributed by atoms with Gasteiger partial charge >= 0.3 is 5.63 Å². The molecule has 0 aliphatic rings. The van der Waals surface area contributed by atoms with Gasteiger partial charge in [-0.25, -0.2) is 19.4 Å². The summed E-state index contributed by atoms with van der Waals surface area (Å²) in [5.74, 6) is 0.622. The zero-order chi connectivity index (χ0) is 18.4. The number of benzene rings is 1. The van der Waals surface area contributed by atoms with Gasteiger partial charge in [-0.15, -0.1) is 0 Å². The predicted octanol–water partition coefficient (Wildman–Crippen LogP) is 3.40. The highest BCUT2D eigenvalue weighted by Gasteiger charge is 2.20. The summed E-state index contributed by atoms with van der Waals surface area (Å²) >= 11 is 11.4. The maximum atomic E-state index is 12.5. The van der Waals surface area contributed by atoms with E-state index in [1.807, 2.05) is 13.8 Å². The first-order chi connectivity index (χ1) is 12.4. The molecule has 6 nitrogen and oxygen atoms in total. The summed E-state index contributed by atoms with van der Waals surface area (Å²) in [5, 5.41) is 5.76. The molecule has 0 spiro atoms. The van der Waals surface area contributed by atoms with Crippen molar-refractivity contribution in [3.05, 3.63) is 68.3 Å². The molecule has 3 heterocycles. The van der Waals surface area contributed by atoms with Crippen LogP contribution < -0.4 is 5.63 Å². The standard InChI is InChI=1S/C18H13Cl2N4O2/c1-9-6-11(19)8-12-15(9)22-17(26-18(12)25)14-7-10(2)23-24(14)16-13(20)4-3-5-21-16/h3-8,20H,1-2H3/q+1. The Morgan fingerprint density at radius 2 is 2.04 bits per heavy atom. The van der Waals surface area contributed by atoms with E-state index in [0.29, 0.717) is 32.5 Å². The number of hydrogen-bond acceptors (Lipinski definition) is 5. The van der Waals surface area contributed by atoms with E-state index in [4.69, 9.17) is 27.6 Å². The third-order valence-corrected chi connectivity index (χ3v) is 4.43. The van der Waals surface area contributed by atoms with Crippen LogP contribution in [0.25, 0.3) is 28.3 Å². The Kier molecular flexibility index (Phi) is 4.01. The first-order valence-corrected chi connectivity index (χ1v) is 8.53. The Balaban J connectivity index is 2.01. The molecule has 0 radical (unpaired) electrons. The number of pyridine rings is 1. The number of nitrogens with zero attached hydrogens (tertiary/aromatic N) is 4. The Bertz CT molecular complexity index is 1210. The summed E-state index contributed by atoms with van der Waals surface area (Å²) in [6.07, 6.45) is 1.63. The van der Waals surface area contributed by atoms with Crippen molar-refractivity contribution < 1.29 is 16.0 Å². The second kappa shape index (κ2) is 6.23. The number of aromatic nitrogens is 4. The van der Waals surface area contributed by atoms with Gasteiger partial charge in [0.05, 0.1) is 16.6 Å². The first kappa shape index (κ1) is 16.8. The van der Waals surface area contributed by atoms with Crippen LogP contribution in [0.2, 0.25) is 10.0 Å². The lowest BCUT2D eigenvalue weighted by Crippen LogP contribution is -2.08. The highest BCUT2D eigenvalue weighted by Crippen LogP contribution is 2.26. The van der Waals surface area contributed by atoms with E-state index >= 15 is 0 Å². The molecule has 3 aromatic heterocycles. The van der Waals surface area contributed by atoms with Gasteiger partial charge in [0.25, 0.3) is 5.02 Å². The topological polar surface area (TPSA) is 73.8 Å². The van der Waals surface area contributed by atoms with Gasteiger partial charge in [-0.1, -0.05) is 11.6 Å². The fraction of sp³-hybridized carbons (Fsp3) is 0.111. The lowest BCUT2D eigenvalue weighted by atomic mass is 10.1. The lowest BCUT2D eigenvalue weighted by molar-refractivity contribution is -0.289. The van der Waals surface area contributed by atoms with Crippen LogP contribution in [-0.4, -0.2) is 19.7 Å². The summed E-state index contributed by atoms with van der Waals surface area (Å²) in [6, 6.07) is 8.58. The Morgan fingerprint density at radius 1 is 1.23 bits per heavy atom. The molecular weight excluding hydrogens is 375 g/mol. The quantitative estimate of drug-likeness (QED) is 0.526. The second-order valence-corrected chi connectivity index (χ2v) is 6.71. The largest absolute Gasteiger partial charge is 0.401 e. The fourth-order valence-corrected chi connectivity index (χ4v) is 3.26. The number of aryl methyl sites for hydroxylation is 2. The molecule has 0 bridgehead atoms. The highest BCUT2D eigenvalue weighted by molar-refractivity contribution is 6.31. The molecule has 0 amide bonds. The Labute approximate surface area is 158 Å². The molecule has 0 fully saturated rings. The van der Waals surface area contributed by atoms with E-state index in [2.05, 4.69) is 15.1 Å². The second-order valence-electron chi connectivity index (χ2n) is 5.83. The summed E-state index contributed by atoms with van der Waals surface area (Å²) < 4.78 is 7.00. The zero-order valence-corrected chi connectivity index (χ0v) is 15.4. The number of rotatable bonds is 2. The molecule has 0 aliphatic heterocycles. The molecule has 4 aromatic rings. The average Bonchev–Trinajstić information content (AvgIpc) is 2.97. The van der Waals surface area contributed by atoms with Gasteiger partial charge in [0.1, 0.15) is 5.69 Å². The van der Waals surface area contributed by atoms with Crippen LogP contribution in [0.4, 0.5) is 0 Å². The molecule has 130 valence electrons. The predicted molar refractivity (Wildman–Crippen MR) is 95.7 cm³/mol. The molecule has 8 heteroatoms. The van der Waals surface area contributed by atoms with Gasteiger partial charge in [0.2, 0.25) is 11.7 Å². The van der Waals surface area contributed by atoms with Gasteiger partial charge in [0, 0.05) is 17.3 Å². The van der Waals surface area contributed by atoms with Crippen LogP contribution in [0.3, 0.4) is 0 Å². The fourth-order valence-electron chi connectivity index (χ4n) is 2.77. The Hall–Kier alpha value is -2.70. The van der Waals surface area contributed by atoms with Crippen molar-refractivity contribution in [2.45, 2.75) is 13.8 Å². The third kappa shape index (κ3) is 2.77.